The van der Waals surface area contributed by atoms with E-state index in [9.17, 15) is 14.4 Å². The number of ether oxygens (including phenoxy) is 2. The lowest BCUT2D eigenvalue weighted by molar-refractivity contribution is -0.142. The Kier molecular flexibility index (Phi) is 4.72. The van der Waals surface area contributed by atoms with E-state index in [0.717, 1.165) is 4.90 Å². The molecule has 6 heteroatoms. The third-order valence-electron chi connectivity index (χ3n) is 3.35. The lowest BCUT2D eigenvalue weighted by Crippen LogP contribution is -2.40. The predicted molar refractivity (Wildman–Crippen MR) is 78.4 cm³/mol. The quantitative estimate of drug-likeness (QED) is 0.451. The van der Waals surface area contributed by atoms with Crippen molar-refractivity contribution in [3.63, 3.8) is 0 Å². The van der Waals surface area contributed by atoms with Crippen LogP contribution in [-0.4, -0.2) is 49.0 Å². The molecule has 116 valence electrons. The molecule has 0 aromatic heterocycles. The predicted octanol–water partition coefficient (Wildman–Crippen LogP) is 1.42. The Bertz CT molecular complexity index is 602. The van der Waals surface area contributed by atoms with Gasteiger partial charge < -0.3 is 9.47 Å². The van der Waals surface area contributed by atoms with Crippen LogP contribution in [0.4, 0.5) is 0 Å². The summed E-state index contributed by atoms with van der Waals surface area (Å²) < 4.78 is 10.2. The molecule has 0 aliphatic carbocycles. The molecule has 2 rings (SSSR count). The summed E-state index contributed by atoms with van der Waals surface area (Å²) in [5.74, 6) is -1.27. The molecule has 1 aromatic rings. The number of imide groups is 1. The number of carbonyl (C=O) groups excluding carboxylic acids is 3. The third kappa shape index (κ3) is 3.07. The van der Waals surface area contributed by atoms with Gasteiger partial charge in [0, 0.05) is 12.7 Å². The maximum absolute atomic E-state index is 12.2. The molecule has 1 heterocycles. The summed E-state index contributed by atoms with van der Waals surface area (Å²) in [5.41, 5.74) is 1.03. The van der Waals surface area contributed by atoms with Crippen molar-refractivity contribution in [2.24, 2.45) is 0 Å². The molecule has 0 N–H and O–H groups in total. The van der Waals surface area contributed by atoms with E-state index in [2.05, 4.69) is 6.58 Å². The molecular formula is C16H17NO5. The SMILES string of the molecule is C=C(C)C(=O)OCC(CN1C(=O)c2ccccc2C1=O)OC. The van der Waals surface area contributed by atoms with Gasteiger partial charge in [0.15, 0.2) is 0 Å². The van der Waals surface area contributed by atoms with E-state index < -0.39 is 12.1 Å². The highest BCUT2D eigenvalue weighted by atomic mass is 16.6. The van der Waals surface area contributed by atoms with E-state index in [4.69, 9.17) is 9.47 Å². The van der Waals surface area contributed by atoms with Crippen LogP contribution in [0.1, 0.15) is 27.6 Å². The summed E-state index contributed by atoms with van der Waals surface area (Å²) in [5, 5.41) is 0. The molecule has 22 heavy (non-hydrogen) atoms. The van der Waals surface area contributed by atoms with E-state index in [0.29, 0.717) is 11.1 Å². The smallest absolute Gasteiger partial charge is 0.333 e. The number of amides is 2. The number of hydrogen-bond donors (Lipinski definition) is 0. The monoisotopic (exact) mass is 303 g/mol. The van der Waals surface area contributed by atoms with Gasteiger partial charge in [-0.15, -0.1) is 0 Å². The third-order valence-corrected chi connectivity index (χ3v) is 3.35. The van der Waals surface area contributed by atoms with E-state index in [1.54, 1.807) is 24.3 Å². The first-order valence-electron chi connectivity index (χ1n) is 6.76. The largest absolute Gasteiger partial charge is 0.460 e. The Morgan fingerprint density at radius 1 is 1.23 bits per heavy atom. The summed E-state index contributed by atoms with van der Waals surface area (Å²) in [6.45, 7) is 4.98. The highest BCUT2D eigenvalue weighted by molar-refractivity contribution is 6.21. The van der Waals surface area contributed by atoms with Crippen LogP contribution in [0.15, 0.2) is 36.4 Å². The molecular weight excluding hydrogens is 286 g/mol. The van der Waals surface area contributed by atoms with Gasteiger partial charge in [0.25, 0.3) is 11.8 Å². The Morgan fingerprint density at radius 3 is 2.23 bits per heavy atom. The molecule has 0 saturated heterocycles. The summed E-state index contributed by atoms with van der Waals surface area (Å²) in [6, 6.07) is 6.63. The molecule has 1 aliphatic heterocycles. The lowest BCUT2D eigenvalue weighted by atomic mass is 10.1. The van der Waals surface area contributed by atoms with Gasteiger partial charge in [-0.05, 0) is 19.1 Å². The molecule has 0 saturated carbocycles. The topological polar surface area (TPSA) is 72.9 Å². The van der Waals surface area contributed by atoms with Gasteiger partial charge in [-0.25, -0.2) is 4.79 Å². The van der Waals surface area contributed by atoms with Gasteiger partial charge in [-0.1, -0.05) is 18.7 Å². The van der Waals surface area contributed by atoms with Gasteiger partial charge in [-0.2, -0.15) is 0 Å². The minimum Gasteiger partial charge on any atom is -0.460 e. The van der Waals surface area contributed by atoms with E-state index in [-0.39, 0.29) is 30.5 Å². The average Bonchev–Trinajstić information content (AvgIpc) is 2.75. The highest BCUT2D eigenvalue weighted by Crippen LogP contribution is 2.22. The van der Waals surface area contributed by atoms with Crippen molar-refractivity contribution in [2.75, 3.05) is 20.3 Å². The fraction of sp³-hybridized carbons (Fsp3) is 0.312. The second-order valence-corrected chi connectivity index (χ2v) is 5.00. The maximum Gasteiger partial charge on any atom is 0.333 e. The summed E-state index contributed by atoms with van der Waals surface area (Å²) in [6.07, 6.45) is -0.592. The number of hydrogen-bond acceptors (Lipinski definition) is 5. The second kappa shape index (κ2) is 6.53. The van der Waals surface area contributed by atoms with Crippen molar-refractivity contribution < 1.29 is 23.9 Å². The molecule has 1 aliphatic rings. The second-order valence-electron chi connectivity index (χ2n) is 5.00. The van der Waals surface area contributed by atoms with Gasteiger partial charge in [0.2, 0.25) is 0 Å². The molecule has 1 atom stereocenters. The van der Waals surface area contributed by atoms with Crippen molar-refractivity contribution >= 4 is 17.8 Å². The van der Waals surface area contributed by atoms with Crippen LogP contribution in [0.2, 0.25) is 0 Å². The first-order valence-corrected chi connectivity index (χ1v) is 6.76. The number of esters is 1. The van der Waals surface area contributed by atoms with Crippen molar-refractivity contribution in [3.05, 3.63) is 47.5 Å². The highest BCUT2D eigenvalue weighted by Gasteiger charge is 2.36. The Labute approximate surface area is 128 Å². The van der Waals surface area contributed by atoms with Crippen molar-refractivity contribution in [1.82, 2.24) is 4.90 Å². The van der Waals surface area contributed by atoms with Gasteiger partial charge in [0.05, 0.1) is 17.7 Å². The molecule has 1 unspecified atom stereocenters. The number of nitrogens with zero attached hydrogens (tertiary/aromatic N) is 1. The molecule has 1 aromatic carbocycles. The first-order chi connectivity index (χ1) is 10.5. The Balaban J connectivity index is 2.04. The molecule has 0 spiro atoms. The molecule has 6 nitrogen and oxygen atoms in total. The fourth-order valence-electron chi connectivity index (χ4n) is 2.10. The summed E-state index contributed by atoms with van der Waals surface area (Å²) in [4.78, 5) is 37.0. The van der Waals surface area contributed by atoms with Gasteiger partial charge in [0.1, 0.15) is 12.7 Å². The zero-order chi connectivity index (χ0) is 16.3. The molecule has 0 bridgehead atoms. The minimum atomic E-state index is -0.592. The normalized spacial score (nSPS) is 14.7. The fourth-order valence-corrected chi connectivity index (χ4v) is 2.10. The zero-order valence-electron chi connectivity index (χ0n) is 12.5. The van der Waals surface area contributed by atoms with Crippen LogP contribution in [0.25, 0.3) is 0 Å². The number of methoxy groups -OCH3 is 1. The van der Waals surface area contributed by atoms with E-state index >= 15 is 0 Å². The average molecular weight is 303 g/mol. The standard InChI is InChI=1S/C16H17NO5/c1-10(2)16(20)22-9-11(21-3)8-17-14(18)12-6-4-5-7-13(12)15(17)19/h4-7,11H,1,8-9H2,2-3H3. The van der Waals surface area contributed by atoms with Gasteiger partial charge >= 0.3 is 5.97 Å². The number of fused-ring (bicyclic) bond motifs is 1. The summed E-state index contributed by atoms with van der Waals surface area (Å²) in [7, 11) is 1.43. The van der Waals surface area contributed by atoms with Crippen LogP contribution < -0.4 is 0 Å². The Hall–Kier alpha value is -2.47. The van der Waals surface area contributed by atoms with E-state index in [1.807, 2.05) is 0 Å². The summed E-state index contributed by atoms with van der Waals surface area (Å²) >= 11 is 0. The van der Waals surface area contributed by atoms with Crippen LogP contribution in [0.3, 0.4) is 0 Å². The van der Waals surface area contributed by atoms with Crippen LogP contribution >= 0.6 is 0 Å². The van der Waals surface area contributed by atoms with Crippen molar-refractivity contribution in [1.29, 1.82) is 0 Å². The maximum atomic E-state index is 12.2. The molecule has 2 amide bonds. The van der Waals surface area contributed by atoms with Crippen molar-refractivity contribution in [2.45, 2.75) is 13.0 Å². The van der Waals surface area contributed by atoms with Crippen LogP contribution in [0, 0.1) is 0 Å². The molecule has 0 radical (unpaired) electrons. The Morgan fingerprint density at radius 2 is 1.77 bits per heavy atom. The number of rotatable bonds is 6. The lowest BCUT2D eigenvalue weighted by Gasteiger charge is -2.21. The van der Waals surface area contributed by atoms with Crippen molar-refractivity contribution in [3.8, 4) is 0 Å². The van der Waals surface area contributed by atoms with E-state index in [1.165, 1.54) is 14.0 Å². The van der Waals surface area contributed by atoms with Crippen LogP contribution in [0.5, 0.6) is 0 Å². The van der Waals surface area contributed by atoms with Crippen LogP contribution in [-0.2, 0) is 14.3 Å². The number of benzene rings is 1. The number of carbonyl (C=O) groups is 3. The molecule has 0 fully saturated rings. The first kappa shape index (κ1) is 15.9. The minimum absolute atomic E-state index is 0.0202. The zero-order valence-corrected chi connectivity index (χ0v) is 12.5. The van der Waals surface area contributed by atoms with Gasteiger partial charge in [-0.3, -0.25) is 14.5 Å².